The summed E-state index contributed by atoms with van der Waals surface area (Å²) < 4.78 is 13.3. The van der Waals surface area contributed by atoms with Gasteiger partial charge in [0.1, 0.15) is 23.7 Å². The number of quaternary nitrogens is 1. The molecule has 0 radical (unpaired) electrons. The zero-order chi connectivity index (χ0) is 22.8. The summed E-state index contributed by atoms with van der Waals surface area (Å²) in [4.78, 5) is 53.1. The van der Waals surface area contributed by atoms with Crippen LogP contribution >= 0.6 is 11.6 Å². The molecular formula is C22H19ClFN4O4+. The number of nitrogens with two attached hydrogens (primary N) is 2. The number of imide groups is 1. The number of carbonyl (C=O) groups excluding carboxylic acids is 4. The van der Waals surface area contributed by atoms with Gasteiger partial charge in [0.15, 0.2) is 0 Å². The summed E-state index contributed by atoms with van der Waals surface area (Å²) in [6, 6.07) is 9.76. The number of primary amides is 1. The Balaban J connectivity index is 1.60. The number of para-hydroxylation sites is 1. The van der Waals surface area contributed by atoms with Gasteiger partial charge in [-0.2, -0.15) is 0 Å². The zero-order valence-electron chi connectivity index (χ0n) is 16.7. The highest BCUT2D eigenvalue weighted by molar-refractivity contribution is 6.35. The predicted octanol–water partition coefficient (Wildman–Crippen LogP) is 0.249. The maximum atomic E-state index is 13.6. The van der Waals surface area contributed by atoms with E-state index in [2.05, 4.69) is 5.32 Å². The Kier molecular flexibility index (Phi) is 4.58. The van der Waals surface area contributed by atoms with Crippen molar-refractivity contribution < 1.29 is 28.9 Å². The van der Waals surface area contributed by atoms with Crippen LogP contribution in [0.15, 0.2) is 42.5 Å². The van der Waals surface area contributed by atoms with E-state index >= 15 is 0 Å². The predicted molar refractivity (Wildman–Crippen MR) is 110 cm³/mol. The van der Waals surface area contributed by atoms with Crippen molar-refractivity contribution in [1.29, 1.82) is 0 Å². The standard InChI is InChI=1S/C22H18ClFN4O4/c23-13-3-1-2-12-18(13)26-21(32)22(12)17-16(14(27-22)8-15(25)29)19(30)28(20(17)31)9-10-4-6-11(24)7-5-10/h1-7,14,16-17,27H,8-9H2,(H2,25,29)(H,26,32)/p+1/t14-,16+,17-,22+/m0/s1. The van der Waals surface area contributed by atoms with Crippen molar-refractivity contribution in [2.75, 3.05) is 5.32 Å². The van der Waals surface area contributed by atoms with Crippen LogP contribution in [0.3, 0.4) is 0 Å². The molecule has 3 heterocycles. The van der Waals surface area contributed by atoms with Gasteiger partial charge in [-0.1, -0.05) is 29.8 Å². The summed E-state index contributed by atoms with van der Waals surface area (Å²) in [5.74, 6) is -4.47. The van der Waals surface area contributed by atoms with Gasteiger partial charge >= 0.3 is 0 Å². The highest BCUT2D eigenvalue weighted by Gasteiger charge is 2.74. The number of nitrogens with one attached hydrogen (secondary N) is 1. The van der Waals surface area contributed by atoms with Crippen LogP contribution in [-0.4, -0.2) is 34.6 Å². The van der Waals surface area contributed by atoms with E-state index in [1.54, 1.807) is 23.5 Å². The number of amides is 4. The lowest BCUT2D eigenvalue weighted by atomic mass is 9.76. The molecule has 2 aromatic carbocycles. The zero-order valence-corrected chi connectivity index (χ0v) is 17.4. The number of nitrogens with zero attached hydrogens (tertiary/aromatic N) is 1. The lowest BCUT2D eigenvalue weighted by molar-refractivity contribution is -0.732. The van der Waals surface area contributed by atoms with E-state index in [0.29, 0.717) is 21.8 Å². The van der Waals surface area contributed by atoms with Gasteiger partial charge < -0.3 is 16.4 Å². The highest BCUT2D eigenvalue weighted by atomic mass is 35.5. The molecule has 2 saturated heterocycles. The summed E-state index contributed by atoms with van der Waals surface area (Å²) in [5.41, 5.74) is 5.45. The number of halogens is 2. The minimum Gasteiger partial charge on any atom is -0.369 e. The number of fused-ring (bicyclic) bond motifs is 4. The molecule has 0 unspecified atom stereocenters. The molecule has 10 heteroatoms. The second kappa shape index (κ2) is 7.11. The van der Waals surface area contributed by atoms with Crippen molar-refractivity contribution in [2.24, 2.45) is 17.6 Å². The van der Waals surface area contributed by atoms with Crippen molar-refractivity contribution >= 4 is 40.9 Å². The van der Waals surface area contributed by atoms with E-state index in [4.69, 9.17) is 17.3 Å². The molecule has 2 aromatic rings. The molecule has 164 valence electrons. The quantitative estimate of drug-likeness (QED) is 0.569. The molecule has 5 rings (SSSR count). The van der Waals surface area contributed by atoms with Crippen LogP contribution in [0.1, 0.15) is 17.5 Å². The second-order valence-electron chi connectivity index (χ2n) is 8.38. The largest absolute Gasteiger partial charge is 0.369 e. The van der Waals surface area contributed by atoms with Crippen LogP contribution in [0, 0.1) is 17.7 Å². The highest BCUT2D eigenvalue weighted by Crippen LogP contribution is 2.51. The van der Waals surface area contributed by atoms with Crippen LogP contribution in [-0.2, 0) is 31.3 Å². The first kappa shape index (κ1) is 20.6. The summed E-state index contributed by atoms with van der Waals surface area (Å²) in [6.07, 6.45) is -0.171. The van der Waals surface area contributed by atoms with Gasteiger partial charge in [-0.3, -0.25) is 24.1 Å². The molecule has 0 aromatic heterocycles. The van der Waals surface area contributed by atoms with Crippen LogP contribution in [0.25, 0.3) is 0 Å². The first-order valence-electron chi connectivity index (χ1n) is 10.1. The van der Waals surface area contributed by atoms with Gasteiger partial charge in [-0.05, 0) is 29.8 Å². The normalized spacial score (nSPS) is 28.2. The van der Waals surface area contributed by atoms with Gasteiger partial charge in [0.2, 0.25) is 23.3 Å². The fourth-order valence-corrected chi connectivity index (χ4v) is 5.58. The fourth-order valence-electron chi connectivity index (χ4n) is 5.36. The van der Waals surface area contributed by atoms with Crippen molar-refractivity contribution in [3.8, 4) is 0 Å². The van der Waals surface area contributed by atoms with Gasteiger partial charge in [0.05, 0.1) is 23.7 Å². The molecule has 8 nitrogen and oxygen atoms in total. The average Bonchev–Trinajstić information content (AvgIpc) is 3.31. The van der Waals surface area contributed by atoms with Gasteiger partial charge in [0.25, 0.3) is 5.91 Å². The number of benzene rings is 2. The number of anilines is 1. The van der Waals surface area contributed by atoms with Crippen molar-refractivity contribution in [1.82, 2.24) is 4.90 Å². The third-order valence-electron chi connectivity index (χ3n) is 6.64. The smallest absolute Gasteiger partial charge is 0.291 e. The molecule has 0 saturated carbocycles. The first-order chi connectivity index (χ1) is 15.2. The molecule has 1 spiro atoms. The number of hydrogen-bond acceptors (Lipinski definition) is 4. The third kappa shape index (κ3) is 2.78. The Bertz CT molecular complexity index is 1190. The van der Waals surface area contributed by atoms with E-state index < -0.39 is 52.9 Å². The van der Waals surface area contributed by atoms with E-state index in [1.165, 1.54) is 24.3 Å². The number of rotatable bonds is 4. The second-order valence-corrected chi connectivity index (χ2v) is 8.79. The molecule has 3 aliphatic heterocycles. The Labute approximate surface area is 186 Å². The third-order valence-corrected chi connectivity index (χ3v) is 6.95. The van der Waals surface area contributed by atoms with Crippen LogP contribution in [0.2, 0.25) is 5.02 Å². The van der Waals surface area contributed by atoms with Crippen LogP contribution in [0.5, 0.6) is 0 Å². The van der Waals surface area contributed by atoms with Gasteiger partial charge in [-0.25, -0.2) is 4.39 Å². The summed E-state index contributed by atoms with van der Waals surface area (Å²) in [6.45, 7) is -0.0612. The Hall–Kier alpha value is -3.30. The molecule has 0 aliphatic carbocycles. The van der Waals surface area contributed by atoms with Crippen molar-refractivity contribution in [3.63, 3.8) is 0 Å². The van der Waals surface area contributed by atoms with E-state index in [-0.39, 0.29) is 13.0 Å². The lowest BCUT2D eigenvalue weighted by Gasteiger charge is -2.26. The summed E-state index contributed by atoms with van der Waals surface area (Å²) >= 11 is 6.28. The molecular weight excluding hydrogens is 439 g/mol. The Morgan fingerprint density at radius 2 is 1.88 bits per heavy atom. The molecule has 32 heavy (non-hydrogen) atoms. The number of hydrogen-bond donors (Lipinski definition) is 3. The first-order valence-corrected chi connectivity index (χ1v) is 10.5. The molecule has 5 N–H and O–H groups in total. The van der Waals surface area contributed by atoms with Crippen LogP contribution < -0.4 is 16.4 Å². The monoisotopic (exact) mass is 457 g/mol. The van der Waals surface area contributed by atoms with Gasteiger partial charge in [-0.15, -0.1) is 0 Å². The Morgan fingerprint density at radius 1 is 1.16 bits per heavy atom. The topological polar surface area (TPSA) is 126 Å². The molecule has 3 aliphatic rings. The van der Waals surface area contributed by atoms with Crippen molar-refractivity contribution in [2.45, 2.75) is 24.5 Å². The molecule has 2 fully saturated rings. The maximum absolute atomic E-state index is 13.6. The van der Waals surface area contributed by atoms with E-state index in [1.807, 2.05) is 0 Å². The summed E-state index contributed by atoms with van der Waals surface area (Å²) in [5, 5.41) is 4.69. The minimum atomic E-state index is -1.44. The van der Waals surface area contributed by atoms with E-state index in [9.17, 15) is 23.6 Å². The van der Waals surface area contributed by atoms with Gasteiger partial charge in [0, 0.05) is 5.56 Å². The average molecular weight is 458 g/mol. The maximum Gasteiger partial charge on any atom is 0.291 e. The fraction of sp³-hybridized carbons (Fsp3) is 0.273. The number of carbonyl (C=O) groups is 4. The van der Waals surface area contributed by atoms with Crippen molar-refractivity contribution in [3.05, 3.63) is 64.4 Å². The molecule has 4 amide bonds. The summed E-state index contributed by atoms with van der Waals surface area (Å²) in [7, 11) is 0. The van der Waals surface area contributed by atoms with E-state index in [0.717, 1.165) is 4.90 Å². The molecule has 4 atom stereocenters. The SMILES string of the molecule is NC(=O)C[C@@H]1[NH2+][C@@]2(C(=O)Nc3c(Cl)cccc32)[C@@H]2C(=O)N(Cc3ccc(F)cc3)C(=O)[C@H]12. The Morgan fingerprint density at radius 3 is 2.56 bits per heavy atom. The van der Waals surface area contributed by atoms with Crippen LogP contribution in [0.4, 0.5) is 10.1 Å². The molecule has 0 bridgehead atoms. The lowest BCUT2D eigenvalue weighted by Crippen LogP contribution is -2.99. The number of likely N-dealkylation sites (tertiary alicyclic amines) is 1. The minimum absolute atomic E-state index is 0.0612.